The molecule has 0 fully saturated rings. The van der Waals surface area contributed by atoms with Gasteiger partial charge in [0.25, 0.3) is 0 Å². The summed E-state index contributed by atoms with van der Waals surface area (Å²) >= 11 is 0. The molecule has 6 aromatic rings. The lowest BCUT2D eigenvalue weighted by atomic mass is 9.93. The normalized spacial score (nSPS) is 12.1. The summed E-state index contributed by atoms with van der Waals surface area (Å²) in [6.07, 6.45) is 5.96. The van der Waals surface area contributed by atoms with Gasteiger partial charge in [-0.25, -0.2) is 14.2 Å². The fraction of sp³-hybridized carbons (Fsp3) is 0.125. The van der Waals surface area contributed by atoms with Crippen LogP contribution in [0.2, 0.25) is 0 Å². The minimum absolute atomic E-state index is 0.101. The number of carbonyl (C=O) groups is 2. The van der Waals surface area contributed by atoms with E-state index in [1.807, 2.05) is 42.6 Å². The van der Waals surface area contributed by atoms with Gasteiger partial charge in [0, 0.05) is 58.1 Å². The molecule has 204 valence electrons. The van der Waals surface area contributed by atoms with E-state index in [9.17, 15) is 14.0 Å². The van der Waals surface area contributed by atoms with E-state index in [1.165, 1.54) is 12.3 Å². The van der Waals surface area contributed by atoms with Crippen LogP contribution in [0.5, 0.6) is 0 Å². The largest absolute Gasteiger partial charge is 0.391 e. The third kappa shape index (κ3) is 4.87. The molecule has 1 unspecified atom stereocenters. The summed E-state index contributed by atoms with van der Waals surface area (Å²) in [6, 6.07) is 20.0. The van der Waals surface area contributed by atoms with E-state index >= 15 is 0 Å². The van der Waals surface area contributed by atoms with Crippen molar-refractivity contribution in [1.82, 2.24) is 19.4 Å². The lowest BCUT2D eigenvalue weighted by Crippen LogP contribution is -2.27. The highest BCUT2D eigenvalue weighted by Gasteiger charge is 2.23. The van der Waals surface area contributed by atoms with Crippen LogP contribution in [0.4, 0.5) is 4.39 Å². The Morgan fingerprint density at radius 1 is 1.07 bits per heavy atom. The number of ether oxygens (including phenoxy) is 1. The van der Waals surface area contributed by atoms with Gasteiger partial charge in [-0.05, 0) is 66.9 Å². The van der Waals surface area contributed by atoms with Gasteiger partial charge < -0.3 is 15.5 Å². The highest BCUT2D eigenvalue weighted by atomic mass is 19.1. The van der Waals surface area contributed by atoms with Crippen molar-refractivity contribution in [1.29, 1.82) is 0 Å². The number of nitrogens with two attached hydrogens (primary N) is 1. The maximum atomic E-state index is 14.1. The molecule has 0 saturated carbocycles. The van der Waals surface area contributed by atoms with Crippen LogP contribution in [0, 0.1) is 12.7 Å². The smallest absolute Gasteiger partial charge is 0.364 e. The number of halogens is 1. The van der Waals surface area contributed by atoms with Crippen molar-refractivity contribution in [2.45, 2.75) is 25.8 Å². The molecule has 0 radical (unpaired) electrons. The molecular formula is C32H26FN5O3. The Labute approximate surface area is 234 Å². The number of nitrogens with one attached hydrogen (secondary N) is 1. The average molecular weight is 548 g/mol. The van der Waals surface area contributed by atoms with Gasteiger partial charge in [0.15, 0.2) is 5.69 Å². The first-order valence-corrected chi connectivity index (χ1v) is 13.1. The zero-order chi connectivity index (χ0) is 28.5. The number of aryl methyl sites for hydroxylation is 1. The number of aromatic amines is 1. The molecule has 4 aromatic heterocycles. The summed E-state index contributed by atoms with van der Waals surface area (Å²) in [5.41, 5.74) is 13.7. The molecule has 0 spiro atoms. The second kappa shape index (κ2) is 10.8. The molecule has 3 N–H and O–H groups in total. The molecule has 0 saturated heterocycles. The van der Waals surface area contributed by atoms with Gasteiger partial charge in [0.1, 0.15) is 11.5 Å². The Hall–Kier alpha value is -5.15. The Morgan fingerprint density at radius 3 is 2.76 bits per heavy atom. The summed E-state index contributed by atoms with van der Waals surface area (Å²) in [5.74, 6) is -1.12. The molecule has 0 aliphatic carbocycles. The first-order valence-electron chi connectivity index (χ1n) is 13.1. The number of esters is 1. The molecule has 6 rings (SSSR count). The van der Waals surface area contributed by atoms with Crippen molar-refractivity contribution in [3.05, 3.63) is 114 Å². The summed E-state index contributed by atoms with van der Waals surface area (Å²) in [5, 5.41) is 1.10. The van der Waals surface area contributed by atoms with Crippen molar-refractivity contribution >= 4 is 29.0 Å². The Bertz CT molecular complexity index is 1930. The lowest BCUT2D eigenvalue weighted by Gasteiger charge is -2.19. The van der Waals surface area contributed by atoms with Crippen molar-refractivity contribution < 1.29 is 18.7 Å². The van der Waals surface area contributed by atoms with Crippen molar-refractivity contribution in [3.63, 3.8) is 0 Å². The van der Waals surface area contributed by atoms with Gasteiger partial charge in [-0.3, -0.25) is 14.2 Å². The predicted molar refractivity (Wildman–Crippen MR) is 154 cm³/mol. The van der Waals surface area contributed by atoms with Crippen molar-refractivity contribution in [3.8, 4) is 22.4 Å². The summed E-state index contributed by atoms with van der Waals surface area (Å²) in [6.45, 7) is 1.81. The van der Waals surface area contributed by atoms with E-state index in [1.54, 1.807) is 35.7 Å². The van der Waals surface area contributed by atoms with Crippen LogP contribution in [0.25, 0.3) is 38.9 Å². The van der Waals surface area contributed by atoms with E-state index in [0.717, 1.165) is 33.2 Å². The summed E-state index contributed by atoms with van der Waals surface area (Å²) < 4.78 is 20.5. The molecule has 9 heteroatoms. The zero-order valence-corrected chi connectivity index (χ0v) is 22.2. The third-order valence-electron chi connectivity index (χ3n) is 7.28. The molecule has 41 heavy (non-hydrogen) atoms. The summed E-state index contributed by atoms with van der Waals surface area (Å²) in [4.78, 5) is 36.1. The number of imidazole rings is 1. The first kappa shape index (κ1) is 26.1. The number of pyridine rings is 2. The number of H-pyrrole nitrogens is 1. The maximum Gasteiger partial charge on any atom is 0.364 e. The number of para-hydroxylation sites is 1. The number of hydrogen-bond acceptors (Lipinski definition) is 6. The predicted octanol–water partition coefficient (Wildman–Crippen LogP) is 5.42. The number of nitrogens with zero attached hydrogens (tertiary/aromatic N) is 3. The monoisotopic (exact) mass is 547 g/mol. The van der Waals surface area contributed by atoms with Gasteiger partial charge in [-0.2, -0.15) is 0 Å². The number of aromatic nitrogens is 4. The minimum Gasteiger partial charge on any atom is -0.391 e. The fourth-order valence-corrected chi connectivity index (χ4v) is 5.38. The number of carbonyl (C=O) groups excluding carboxylic acids is 2. The molecule has 4 heterocycles. The van der Waals surface area contributed by atoms with Crippen LogP contribution in [0.1, 0.15) is 27.3 Å². The van der Waals surface area contributed by atoms with Gasteiger partial charge in [-0.15, -0.1) is 0 Å². The van der Waals surface area contributed by atoms with Crippen LogP contribution in [-0.4, -0.2) is 37.8 Å². The van der Waals surface area contributed by atoms with Gasteiger partial charge in [0.2, 0.25) is 0 Å². The number of rotatable bonds is 8. The zero-order valence-electron chi connectivity index (χ0n) is 22.2. The SMILES string of the molecule is Cc1cc(-c2ncccc2-c2ccc3ncc(C(=O)OC=O)n3c2CC(N)Cc2c[nH]c3ccccc23)ccc1F. The van der Waals surface area contributed by atoms with Gasteiger partial charge in [-0.1, -0.05) is 24.3 Å². The van der Waals surface area contributed by atoms with Crippen LogP contribution in [0.15, 0.2) is 85.3 Å². The average Bonchev–Trinajstić information content (AvgIpc) is 3.60. The first-order chi connectivity index (χ1) is 19.9. The summed E-state index contributed by atoms with van der Waals surface area (Å²) in [7, 11) is 0. The molecule has 2 aromatic carbocycles. The van der Waals surface area contributed by atoms with Crippen LogP contribution in [-0.2, 0) is 22.4 Å². The van der Waals surface area contributed by atoms with Gasteiger partial charge in [0.05, 0.1) is 11.9 Å². The second-order valence-corrected chi connectivity index (χ2v) is 9.92. The Balaban J connectivity index is 1.50. The number of fused-ring (bicyclic) bond motifs is 2. The van der Waals surface area contributed by atoms with E-state index in [0.29, 0.717) is 35.4 Å². The van der Waals surface area contributed by atoms with Crippen LogP contribution >= 0.6 is 0 Å². The molecule has 0 aliphatic rings. The van der Waals surface area contributed by atoms with Crippen LogP contribution < -0.4 is 5.73 Å². The quantitative estimate of drug-likeness (QED) is 0.149. The molecule has 0 aliphatic heterocycles. The minimum atomic E-state index is -0.823. The molecule has 1 atom stereocenters. The second-order valence-electron chi connectivity index (χ2n) is 9.92. The van der Waals surface area contributed by atoms with E-state index < -0.39 is 5.97 Å². The fourth-order valence-electron chi connectivity index (χ4n) is 5.38. The maximum absolute atomic E-state index is 14.1. The highest BCUT2D eigenvalue weighted by Crippen LogP contribution is 2.35. The third-order valence-corrected chi connectivity index (χ3v) is 7.28. The lowest BCUT2D eigenvalue weighted by molar-refractivity contribution is -0.123. The van der Waals surface area contributed by atoms with Crippen LogP contribution in [0.3, 0.4) is 0 Å². The Morgan fingerprint density at radius 2 is 1.93 bits per heavy atom. The Kier molecular flexibility index (Phi) is 6.86. The van der Waals surface area contributed by atoms with E-state index in [-0.39, 0.29) is 24.0 Å². The van der Waals surface area contributed by atoms with Crippen molar-refractivity contribution in [2.24, 2.45) is 5.73 Å². The molecule has 0 amide bonds. The highest BCUT2D eigenvalue weighted by molar-refractivity contribution is 5.93. The number of benzene rings is 2. The van der Waals surface area contributed by atoms with Crippen molar-refractivity contribution in [2.75, 3.05) is 0 Å². The standard InChI is InChI=1S/C32H26FN5O3/c1-19-13-20(8-10-26(19)33)31-25(6-4-12-35-31)24-9-11-30-37-17-29(32(40)41-18-39)38(30)28(24)15-22(34)14-21-16-36-27-7-3-2-5-23(21)27/h2-13,16-18,22,36H,14-15,34H2,1H3. The molecule has 8 nitrogen and oxygen atoms in total. The number of hydrogen-bond donors (Lipinski definition) is 2. The topological polar surface area (TPSA) is 115 Å². The molecule has 0 bridgehead atoms. The van der Waals surface area contributed by atoms with E-state index in [2.05, 4.69) is 25.8 Å². The van der Waals surface area contributed by atoms with E-state index in [4.69, 9.17) is 5.73 Å². The molecular weight excluding hydrogens is 521 g/mol. The van der Waals surface area contributed by atoms with Gasteiger partial charge >= 0.3 is 12.4 Å².